The summed E-state index contributed by atoms with van der Waals surface area (Å²) in [5.41, 5.74) is 2.00. The Hall–Kier alpha value is -1.13. The summed E-state index contributed by atoms with van der Waals surface area (Å²) in [6.07, 6.45) is 1.07. The number of nitrogens with one attached hydrogen (secondary N) is 1. The maximum absolute atomic E-state index is 12.5. The number of methoxy groups -OCH3 is 1. The molecule has 0 spiro atoms. The molecule has 0 bridgehead atoms. The Kier molecular flexibility index (Phi) is 6.81. The van der Waals surface area contributed by atoms with Gasteiger partial charge in [-0.25, -0.2) is 0 Å². The number of aromatic nitrogens is 1. The largest absolute Gasteiger partial charge is 0.383 e. The van der Waals surface area contributed by atoms with E-state index in [4.69, 9.17) is 4.74 Å². The molecule has 0 atom stereocenters. The summed E-state index contributed by atoms with van der Waals surface area (Å²) in [4.78, 5) is 12.5. The Morgan fingerprint density at radius 1 is 1.37 bits per heavy atom. The number of hydrogen-bond acceptors (Lipinski definition) is 3. The van der Waals surface area contributed by atoms with E-state index in [0.29, 0.717) is 25.6 Å². The quantitative estimate of drug-likeness (QED) is 0.733. The van der Waals surface area contributed by atoms with Crippen LogP contribution in [0, 0.1) is 0 Å². The zero-order valence-electron chi connectivity index (χ0n) is 12.5. The molecule has 1 aromatic rings. The van der Waals surface area contributed by atoms with Crippen LogP contribution in [0.15, 0.2) is 16.9 Å². The molecule has 0 saturated heterocycles. The van der Waals surface area contributed by atoms with E-state index in [1.807, 2.05) is 10.6 Å². The summed E-state index contributed by atoms with van der Waals surface area (Å²) in [6, 6.07) is 4.01. The molecule has 0 saturated carbocycles. The van der Waals surface area contributed by atoms with Crippen LogP contribution in [-0.4, -0.2) is 24.8 Å². The molecule has 0 amide bonds. The first-order chi connectivity index (χ1) is 9.11. The molecule has 0 aliphatic heterocycles. The number of hydrogen-bond donors (Lipinski definition) is 1. The van der Waals surface area contributed by atoms with E-state index in [2.05, 4.69) is 32.2 Å². The van der Waals surface area contributed by atoms with Crippen LogP contribution in [-0.2, 0) is 17.8 Å². The van der Waals surface area contributed by atoms with Crippen LogP contribution in [0.4, 0.5) is 0 Å². The molecule has 0 aliphatic carbocycles. The first kappa shape index (κ1) is 15.9. The van der Waals surface area contributed by atoms with Gasteiger partial charge in [-0.15, -0.1) is 0 Å². The lowest BCUT2D eigenvalue weighted by Crippen LogP contribution is -2.31. The van der Waals surface area contributed by atoms with Crippen molar-refractivity contribution in [3.63, 3.8) is 0 Å². The van der Waals surface area contributed by atoms with Crippen molar-refractivity contribution in [2.24, 2.45) is 0 Å². The molecule has 1 rings (SSSR count). The van der Waals surface area contributed by atoms with Gasteiger partial charge >= 0.3 is 0 Å². The Labute approximate surface area is 115 Å². The summed E-state index contributed by atoms with van der Waals surface area (Å²) in [6.45, 7) is 9.07. The van der Waals surface area contributed by atoms with E-state index < -0.39 is 0 Å². The van der Waals surface area contributed by atoms with Crippen LogP contribution < -0.4 is 10.9 Å². The lowest BCUT2D eigenvalue weighted by Gasteiger charge is -2.17. The number of rotatable bonds is 8. The lowest BCUT2D eigenvalue weighted by molar-refractivity contribution is 0.185. The second kappa shape index (κ2) is 8.12. The molecule has 0 aromatic carbocycles. The Bertz CT molecular complexity index is 438. The van der Waals surface area contributed by atoms with E-state index in [1.165, 1.54) is 0 Å². The van der Waals surface area contributed by atoms with Crippen molar-refractivity contribution in [2.45, 2.75) is 46.2 Å². The fourth-order valence-corrected chi connectivity index (χ4v) is 2.09. The fourth-order valence-electron chi connectivity index (χ4n) is 2.09. The highest BCUT2D eigenvalue weighted by atomic mass is 16.5. The molecule has 0 radical (unpaired) electrons. The van der Waals surface area contributed by atoms with Crippen molar-refractivity contribution in [3.05, 3.63) is 33.7 Å². The lowest BCUT2D eigenvalue weighted by atomic mass is 10.1. The molecule has 0 aliphatic rings. The Morgan fingerprint density at radius 2 is 2.11 bits per heavy atom. The predicted molar refractivity (Wildman–Crippen MR) is 78.7 cm³/mol. The van der Waals surface area contributed by atoms with Gasteiger partial charge in [0, 0.05) is 31.5 Å². The van der Waals surface area contributed by atoms with E-state index >= 15 is 0 Å². The average molecular weight is 266 g/mol. The molecule has 1 aromatic heterocycles. The normalized spacial score (nSPS) is 11.2. The molecule has 4 nitrogen and oxygen atoms in total. The standard InChI is InChI=1S/C15H26N2O2/c1-5-8-16-11-13-6-7-14(12(2)3)17(15(13)18)9-10-19-4/h6-7,12,16H,5,8-11H2,1-4H3. The topological polar surface area (TPSA) is 43.3 Å². The van der Waals surface area contributed by atoms with Gasteiger partial charge in [0.25, 0.3) is 5.56 Å². The summed E-state index contributed by atoms with van der Waals surface area (Å²) in [5, 5.41) is 3.28. The van der Waals surface area contributed by atoms with Crippen LogP contribution in [0.2, 0.25) is 0 Å². The molecule has 108 valence electrons. The molecule has 1 N–H and O–H groups in total. The average Bonchev–Trinajstić information content (AvgIpc) is 2.39. The van der Waals surface area contributed by atoms with Gasteiger partial charge in [-0.3, -0.25) is 4.79 Å². The number of pyridine rings is 1. The zero-order chi connectivity index (χ0) is 14.3. The summed E-state index contributed by atoms with van der Waals surface area (Å²) < 4.78 is 6.94. The minimum atomic E-state index is 0.104. The third kappa shape index (κ3) is 4.48. The smallest absolute Gasteiger partial charge is 0.255 e. The number of nitrogens with zero attached hydrogens (tertiary/aromatic N) is 1. The second-order valence-corrected chi connectivity index (χ2v) is 5.06. The van der Waals surface area contributed by atoms with E-state index in [-0.39, 0.29) is 5.56 Å². The maximum atomic E-state index is 12.5. The van der Waals surface area contributed by atoms with Gasteiger partial charge in [-0.2, -0.15) is 0 Å². The van der Waals surface area contributed by atoms with Gasteiger partial charge in [0.05, 0.1) is 6.61 Å². The van der Waals surface area contributed by atoms with Crippen LogP contribution in [0.25, 0.3) is 0 Å². The van der Waals surface area contributed by atoms with E-state index in [1.54, 1.807) is 7.11 Å². The highest BCUT2D eigenvalue weighted by Gasteiger charge is 2.11. The van der Waals surface area contributed by atoms with Crippen LogP contribution in [0.1, 0.15) is 44.4 Å². The monoisotopic (exact) mass is 266 g/mol. The minimum absolute atomic E-state index is 0.104. The van der Waals surface area contributed by atoms with E-state index in [0.717, 1.165) is 24.2 Å². The van der Waals surface area contributed by atoms with Crippen molar-refractivity contribution in [1.82, 2.24) is 9.88 Å². The first-order valence-corrected chi connectivity index (χ1v) is 7.04. The summed E-state index contributed by atoms with van der Waals surface area (Å²) in [5.74, 6) is 0.335. The van der Waals surface area contributed by atoms with Crippen molar-refractivity contribution < 1.29 is 4.74 Å². The van der Waals surface area contributed by atoms with Crippen LogP contribution >= 0.6 is 0 Å². The van der Waals surface area contributed by atoms with Crippen LogP contribution in [0.5, 0.6) is 0 Å². The SMILES string of the molecule is CCCNCc1ccc(C(C)C)n(CCOC)c1=O. The molecular formula is C15H26N2O2. The zero-order valence-corrected chi connectivity index (χ0v) is 12.5. The summed E-state index contributed by atoms with van der Waals surface area (Å²) >= 11 is 0. The van der Waals surface area contributed by atoms with Gasteiger partial charge in [-0.05, 0) is 24.9 Å². The molecule has 19 heavy (non-hydrogen) atoms. The summed E-state index contributed by atoms with van der Waals surface area (Å²) in [7, 11) is 1.66. The minimum Gasteiger partial charge on any atom is -0.383 e. The van der Waals surface area contributed by atoms with Crippen molar-refractivity contribution >= 4 is 0 Å². The highest BCUT2D eigenvalue weighted by Crippen LogP contribution is 2.13. The van der Waals surface area contributed by atoms with Crippen molar-refractivity contribution in [2.75, 3.05) is 20.3 Å². The highest BCUT2D eigenvalue weighted by molar-refractivity contribution is 5.18. The third-order valence-corrected chi connectivity index (χ3v) is 3.14. The number of ether oxygens (including phenoxy) is 1. The van der Waals surface area contributed by atoms with E-state index in [9.17, 15) is 4.79 Å². The predicted octanol–water partition coefficient (Wildman–Crippen LogP) is 2.12. The molecule has 1 heterocycles. The Balaban J connectivity index is 2.99. The molecule has 0 unspecified atom stereocenters. The molecular weight excluding hydrogens is 240 g/mol. The fraction of sp³-hybridized carbons (Fsp3) is 0.667. The van der Waals surface area contributed by atoms with Gasteiger partial charge in [0.15, 0.2) is 0 Å². The maximum Gasteiger partial charge on any atom is 0.255 e. The molecule has 0 fully saturated rings. The first-order valence-electron chi connectivity index (χ1n) is 7.04. The van der Waals surface area contributed by atoms with Crippen LogP contribution in [0.3, 0.4) is 0 Å². The van der Waals surface area contributed by atoms with Gasteiger partial charge < -0.3 is 14.6 Å². The second-order valence-electron chi connectivity index (χ2n) is 5.06. The third-order valence-electron chi connectivity index (χ3n) is 3.14. The van der Waals surface area contributed by atoms with Gasteiger partial charge in [-0.1, -0.05) is 26.8 Å². The van der Waals surface area contributed by atoms with Crippen molar-refractivity contribution in [1.29, 1.82) is 0 Å². The van der Waals surface area contributed by atoms with Gasteiger partial charge in [0.2, 0.25) is 0 Å². The van der Waals surface area contributed by atoms with Crippen molar-refractivity contribution in [3.8, 4) is 0 Å². The Morgan fingerprint density at radius 3 is 2.68 bits per heavy atom. The van der Waals surface area contributed by atoms with Gasteiger partial charge in [0.1, 0.15) is 0 Å². The molecule has 4 heteroatoms.